The number of pyridine rings is 1. The van der Waals surface area contributed by atoms with Gasteiger partial charge in [0, 0.05) is 42.8 Å². The van der Waals surface area contributed by atoms with E-state index in [1.165, 1.54) is 0 Å². The molecule has 24 heavy (non-hydrogen) atoms. The van der Waals surface area contributed by atoms with Crippen molar-refractivity contribution >= 4 is 34.2 Å². The molecule has 0 spiro atoms. The number of carbonyl (C=O) groups excluding carboxylic acids is 1. The lowest BCUT2D eigenvalue weighted by Crippen LogP contribution is -2.45. The minimum atomic E-state index is -0.326. The average Bonchev–Trinajstić information content (AvgIpc) is 2.58. The van der Waals surface area contributed by atoms with Crippen molar-refractivity contribution in [2.75, 3.05) is 44.7 Å². The molecule has 0 N–H and O–H groups in total. The van der Waals surface area contributed by atoms with Crippen LogP contribution in [-0.4, -0.2) is 55.7 Å². The zero-order chi connectivity index (χ0) is 17.3. The summed E-state index contributed by atoms with van der Waals surface area (Å²) < 4.78 is 5.24. The van der Waals surface area contributed by atoms with Crippen molar-refractivity contribution in [3.05, 3.63) is 34.5 Å². The van der Waals surface area contributed by atoms with Crippen LogP contribution >= 0.6 is 11.6 Å². The Bertz CT molecular complexity index is 770. The van der Waals surface area contributed by atoms with Gasteiger partial charge in [-0.15, -0.1) is 0 Å². The summed E-state index contributed by atoms with van der Waals surface area (Å²) in [7, 11) is 2.11. The molecule has 0 aliphatic carbocycles. The van der Waals surface area contributed by atoms with Crippen molar-refractivity contribution < 1.29 is 9.53 Å². The fourth-order valence-corrected chi connectivity index (χ4v) is 3.25. The van der Waals surface area contributed by atoms with Crippen LogP contribution in [0.2, 0.25) is 5.02 Å². The number of likely N-dealkylation sites (N-methyl/N-ethyl adjacent to an activating group) is 1. The van der Waals surface area contributed by atoms with Crippen molar-refractivity contribution in [1.29, 1.82) is 0 Å². The van der Waals surface area contributed by atoms with Gasteiger partial charge in [0.05, 0.1) is 17.8 Å². The van der Waals surface area contributed by atoms with Crippen LogP contribution in [0.1, 0.15) is 22.8 Å². The molecule has 0 saturated carbocycles. The maximum atomic E-state index is 12.4. The Kier molecular flexibility index (Phi) is 4.92. The highest BCUT2D eigenvalue weighted by molar-refractivity contribution is 6.32. The summed E-state index contributed by atoms with van der Waals surface area (Å²) in [6.45, 7) is 7.75. The predicted molar refractivity (Wildman–Crippen MR) is 97.2 cm³/mol. The van der Waals surface area contributed by atoms with Gasteiger partial charge < -0.3 is 14.5 Å². The maximum Gasteiger partial charge on any atom is 0.341 e. The first kappa shape index (κ1) is 17.0. The Balaban J connectivity index is 2.18. The Morgan fingerprint density at radius 3 is 2.67 bits per heavy atom. The molecule has 1 aliphatic rings. The average molecular weight is 348 g/mol. The summed E-state index contributed by atoms with van der Waals surface area (Å²) in [6, 6.07) is 3.82. The number of piperazine rings is 1. The topological polar surface area (TPSA) is 45.7 Å². The van der Waals surface area contributed by atoms with Crippen LogP contribution in [0.25, 0.3) is 10.9 Å². The van der Waals surface area contributed by atoms with Gasteiger partial charge in [-0.2, -0.15) is 0 Å². The number of aryl methyl sites for hydroxylation is 1. The highest BCUT2D eigenvalue weighted by Crippen LogP contribution is 2.34. The zero-order valence-corrected chi connectivity index (χ0v) is 15.1. The van der Waals surface area contributed by atoms with Crippen LogP contribution in [0.3, 0.4) is 0 Å². The van der Waals surface area contributed by atoms with E-state index in [2.05, 4.69) is 21.8 Å². The van der Waals surface area contributed by atoms with Gasteiger partial charge in [-0.3, -0.25) is 4.98 Å². The molecule has 5 nitrogen and oxygen atoms in total. The first-order valence-corrected chi connectivity index (χ1v) is 8.59. The molecule has 1 saturated heterocycles. The van der Waals surface area contributed by atoms with E-state index in [9.17, 15) is 4.79 Å². The number of ether oxygens (including phenoxy) is 1. The van der Waals surface area contributed by atoms with E-state index in [4.69, 9.17) is 16.3 Å². The second kappa shape index (κ2) is 6.95. The number of aromatic nitrogens is 1. The van der Waals surface area contributed by atoms with Crippen molar-refractivity contribution in [2.45, 2.75) is 13.8 Å². The quantitative estimate of drug-likeness (QED) is 0.798. The fourth-order valence-electron chi connectivity index (χ4n) is 3.10. The van der Waals surface area contributed by atoms with Gasteiger partial charge in [-0.05, 0) is 38.6 Å². The Labute approximate surface area is 147 Å². The molecular formula is C18H22ClN3O2. The van der Waals surface area contributed by atoms with Crippen LogP contribution in [0.5, 0.6) is 0 Å². The maximum absolute atomic E-state index is 12.4. The fraction of sp³-hybridized carbons (Fsp3) is 0.444. The Hall–Kier alpha value is -1.85. The van der Waals surface area contributed by atoms with Crippen molar-refractivity contribution in [1.82, 2.24) is 9.88 Å². The van der Waals surface area contributed by atoms with Crippen LogP contribution in [-0.2, 0) is 4.74 Å². The Morgan fingerprint density at radius 1 is 1.29 bits per heavy atom. The van der Waals surface area contributed by atoms with Crippen LogP contribution in [0.4, 0.5) is 5.69 Å². The van der Waals surface area contributed by atoms with Gasteiger partial charge in [0.1, 0.15) is 5.56 Å². The van der Waals surface area contributed by atoms with Gasteiger partial charge >= 0.3 is 5.97 Å². The number of carbonyl (C=O) groups is 1. The molecule has 0 unspecified atom stereocenters. The van der Waals surface area contributed by atoms with E-state index < -0.39 is 0 Å². The molecule has 1 aromatic carbocycles. The SMILES string of the molecule is CCOC(=O)c1cnc2c(C)c(Cl)ccc2c1N1CCN(C)CC1. The Morgan fingerprint density at radius 2 is 2.00 bits per heavy atom. The van der Waals surface area contributed by atoms with E-state index >= 15 is 0 Å². The van der Waals surface area contributed by atoms with Gasteiger partial charge in [-0.1, -0.05) is 11.6 Å². The number of esters is 1. The highest BCUT2D eigenvalue weighted by atomic mass is 35.5. The first-order valence-electron chi connectivity index (χ1n) is 8.21. The molecule has 0 atom stereocenters. The summed E-state index contributed by atoms with van der Waals surface area (Å²) in [4.78, 5) is 21.5. The third kappa shape index (κ3) is 3.06. The lowest BCUT2D eigenvalue weighted by molar-refractivity contribution is 0.0526. The number of hydrogen-bond acceptors (Lipinski definition) is 5. The van der Waals surface area contributed by atoms with E-state index in [1.54, 1.807) is 6.20 Å². The first-order chi connectivity index (χ1) is 11.5. The van der Waals surface area contributed by atoms with Gasteiger partial charge in [-0.25, -0.2) is 4.79 Å². The normalized spacial score (nSPS) is 15.8. The molecule has 2 heterocycles. The third-order valence-electron chi connectivity index (χ3n) is 4.51. The molecule has 0 bridgehead atoms. The molecule has 0 amide bonds. The minimum Gasteiger partial charge on any atom is -0.462 e. The molecule has 1 fully saturated rings. The summed E-state index contributed by atoms with van der Waals surface area (Å²) in [5.74, 6) is -0.326. The van der Waals surface area contributed by atoms with Crippen molar-refractivity contribution in [3.63, 3.8) is 0 Å². The van der Waals surface area contributed by atoms with Crippen LogP contribution in [0.15, 0.2) is 18.3 Å². The van der Waals surface area contributed by atoms with E-state index in [1.807, 2.05) is 26.0 Å². The summed E-state index contributed by atoms with van der Waals surface area (Å²) in [6.07, 6.45) is 1.62. The number of nitrogens with zero attached hydrogens (tertiary/aromatic N) is 3. The third-order valence-corrected chi connectivity index (χ3v) is 4.92. The number of rotatable bonds is 3. The second-order valence-electron chi connectivity index (χ2n) is 6.10. The second-order valence-corrected chi connectivity index (χ2v) is 6.51. The summed E-state index contributed by atoms with van der Waals surface area (Å²) >= 11 is 6.25. The monoisotopic (exact) mass is 347 g/mol. The molecular weight excluding hydrogens is 326 g/mol. The van der Waals surface area contributed by atoms with Crippen molar-refractivity contribution in [2.24, 2.45) is 0 Å². The number of benzene rings is 1. The van der Waals surface area contributed by atoms with Gasteiger partial charge in [0.2, 0.25) is 0 Å². The van der Waals surface area contributed by atoms with Crippen LogP contribution < -0.4 is 4.90 Å². The van der Waals surface area contributed by atoms with E-state index in [0.29, 0.717) is 17.2 Å². The standard InChI is InChI=1S/C18H22ClN3O2/c1-4-24-18(23)14-11-20-16-12(2)15(19)6-5-13(16)17(14)22-9-7-21(3)8-10-22/h5-6,11H,4,7-10H2,1-3H3. The highest BCUT2D eigenvalue weighted by Gasteiger charge is 2.24. The molecule has 128 valence electrons. The van der Waals surface area contributed by atoms with Gasteiger partial charge in [0.15, 0.2) is 0 Å². The molecule has 2 aromatic rings. The van der Waals surface area contributed by atoms with Crippen molar-refractivity contribution in [3.8, 4) is 0 Å². The minimum absolute atomic E-state index is 0.326. The smallest absolute Gasteiger partial charge is 0.341 e. The largest absolute Gasteiger partial charge is 0.462 e. The predicted octanol–water partition coefficient (Wildman–Crippen LogP) is 3.13. The zero-order valence-electron chi connectivity index (χ0n) is 14.3. The van der Waals surface area contributed by atoms with E-state index in [0.717, 1.165) is 48.3 Å². The number of halogens is 1. The molecule has 1 aromatic heterocycles. The summed E-state index contributed by atoms with van der Waals surface area (Å²) in [5, 5.41) is 1.63. The summed E-state index contributed by atoms with van der Waals surface area (Å²) in [5.41, 5.74) is 3.20. The van der Waals surface area contributed by atoms with Crippen LogP contribution in [0, 0.1) is 6.92 Å². The van der Waals surface area contributed by atoms with E-state index in [-0.39, 0.29) is 5.97 Å². The number of anilines is 1. The lowest BCUT2D eigenvalue weighted by Gasteiger charge is -2.35. The van der Waals surface area contributed by atoms with Gasteiger partial charge in [0.25, 0.3) is 0 Å². The number of hydrogen-bond donors (Lipinski definition) is 0. The molecule has 0 radical (unpaired) electrons. The number of fused-ring (bicyclic) bond motifs is 1. The molecule has 3 rings (SSSR count). The molecule has 1 aliphatic heterocycles. The molecule has 6 heteroatoms. The lowest BCUT2D eigenvalue weighted by atomic mass is 10.0.